The number of aryl methyl sites for hydroxylation is 1. The summed E-state index contributed by atoms with van der Waals surface area (Å²) in [7, 11) is 0. The molecule has 0 atom stereocenters. The van der Waals surface area contributed by atoms with Crippen molar-refractivity contribution in [3.05, 3.63) is 28.2 Å². The summed E-state index contributed by atoms with van der Waals surface area (Å²) in [5, 5.41) is 13.1. The highest BCUT2D eigenvalue weighted by Gasteiger charge is 2.29. The summed E-state index contributed by atoms with van der Waals surface area (Å²) >= 11 is 4.93. The summed E-state index contributed by atoms with van der Waals surface area (Å²) in [5.41, 5.74) is 0.330. The highest BCUT2D eigenvalue weighted by Crippen LogP contribution is 2.25. The van der Waals surface area contributed by atoms with Gasteiger partial charge in [-0.25, -0.2) is 0 Å². The molecule has 1 fully saturated rings. The maximum absolute atomic E-state index is 11.9. The lowest BCUT2D eigenvalue weighted by molar-refractivity contribution is -0.121. The van der Waals surface area contributed by atoms with E-state index in [0.29, 0.717) is 38.4 Å². The van der Waals surface area contributed by atoms with Gasteiger partial charge in [-0.3, -0.25) is 4.79 Å². The first-order valence-electron chi connectivity index (χ1n) is 6.94. The molecule has 1 aliphatic heterocycles. The molecule has 1 aliphatic rings. The van der Waals surface area contributed by atoms with Crippen LogP contribution >= 0.6 is 27.7 Å². The molecule has 1 saturated heterocycles. The molecule has 0 bridgehead atoms. The van der Waals surface area contributed by atoms with Gasteiger partial charge in [-0.05, 0) is 30.7 Å². The Balaban J connectivity index is 1.77. The fourth-order valence-corrected chi connectivity index (χ4v) is 3.48. The quantitative estimate of drug-likeness (QED) is 0.778. The number of benzene rings is 1. The van der Waals surface area contributed by atoms with Gasteiger partial charge in [0.15, 0.2) is 0 Å². The van der Waals surface area contributed by atoms with E-state index >= 15 is 0 Å². The zero-order valence-electron chi connectivity index (χ0n) is 12.0. The van der Waals surface area contributed by atoms with Gasteiger partial charge in [-0.2, -0.15) is 0 Å². The van der Waals surface area contributed by atoms with Crippen molar-refractivity contribution in [3.63, 3.8) is 0 Å². The van der Waals surface area contributed by atoms with E-state index in [1.54, 1.807) is 0 Å². The second-order valence-electron chi connectivity index (χ2n) is 5.31. The maximum atomic E-state index is 11.9. The van der Waals surface area contributed by atoms with Crippen molar-refractivity contribution in [3.8, 4) is 0 Å². The third-order valence-electron chi connectivity index (χ3n) is 3.53. The third-order valence-corrected chi connectivity index (χ3v) is 5.20. The van der Waals surface area contributed by atoms with Gasteiger partial charge < -0.3 is 15.2 Å². The molecule has 0 unspecified atom stereocenters. The summed E-state index contributed by atoms with van der Waals surface area (Å²) in [6.45, 7) is 3.43. The van der Waals surface area contributed by atoms with Crippen molar-refractivity contribution in [1.29, 1.82) is 0 Å². The van der Waals surface area contributed by atoms with Gasteiger partial charge >= 0.3 is 0 Å². The topological polar surface area (TPSA) is 58.6 Å². The summed E-state index contributed by atoms with van der Waals surface area (Å²) in [5.74, 6) is 0.303. The van der Waals surface area contributed by atoms with Gasteiger partial charge in [0, 0.05) is 42.0 Å². The minimum absolute atomic E-state index is 0.0535. The SMILES string of the molecule is Cc1cc(Br)ccc1SCC(=O)NCC1(O)CCOCC1. The molecule has 6 heteroatoms. The van der Waals surface area contributed by atoms with Crippen LogP contribution in [0.5, 0.6) is 0 Å². The van der Waals surface area contributed by atoms with Crippen LogP contribution in [0, 0.1) is 6.92 Å². The molecule has 21 heavy (non-hydrogen) atoms. The molecule has 1 aromatic carbocycles. The van der Waals surface area contributed by atoms with E-state index in [1.165, 1.54) is 11.8 Å². The zero-order valence-corrected chi connectivity index (χ0v) is 14.4. The second-order valence-corrected chi connectivity index (χ2v) is 7.24. The molecule has 4 nitrogen and oxygen atoms in total. The fourth-order valence-electron chi connectivity index (χ4n) is 2.16. The molecular weight excluding hydrogens is 354 g/mol. The Labute approximate surface area is 137 Å². The number of carbonyl (C=O) groups excluding carboxylic acids is 1. The van der Waals surface area contributed by atoms with E-state index in [1.807, 2.05) is 25.1 Å². The third kappa shape index (κ3) is 5.29. The van der Waals surface area contributed by atoms with Gasteiger partial charge in [0.25, 0.3) is 0 Å². The van der Waals surface area contributed by atoms with Crippen molar-refractivity contribution >= 4 is 33.6 Å². The Morgan fingerprint density at radius 2 is 2.19 bits per heavy atom. The Morgan fingerprint density at radius 1 is 1.48 bits per heavy atom. The Kier molecular flexibility index (Phi) is 6.10. The van der Waals surface area contributed by atoms with Crippen LogP contribution in [-0.4, -0.2) is 42.1 Å². The first-order valence-corrected chi connectivity index (χ1v) is 8.72. The molecule has 0 radical (unpaired) electrons. The van der Waals surface area contributed by atoms with Crippen LogP contribution in [-0.2, 0) is 9.53 Å². The highest BCUT2D eigenvalue weighted by molar-refractivity contribution is 9.10. The van der Waals surface area contributed by atoms with Crippen molar-refractivity contribution in [2.45, 2.75) is 30.3 Å². The molecular formula is C15H20BrNO3S. The number of amides is 1. The average molecular weight is 374 g/mol. The second kappa shape index (κ2) is 7.63. The Hall–Kier alpha value is -0.560. The number of aliphatic hydroxyl groups is 1. The molecule has 116 valence electrons. The number of ether oxygens (including phenoxy) is 1. The molecule has 0 saturated carbocycles. The van der Waals surface area contributed by atoms with E-state index in [9.17, 15) is 9.90 Å². The predicted octanol–water partition coefficient (Wildman–Crippen LogP) is 2.51. The number of carbonyl (C=O) groups is 1. The van der Waals surface area contributed by atoms with Crippen molar-refractivity contribution in [1.82, 2.24) is 5.32 Å². The minimum Gasteiger partial charge on any atom is -0.388 e. The van der Waals surface area contributed by atoms with Crippen LogP contribution in [0.25, 0.3) is 0 Å². The van der Waals surface area contributed by atoms with Gasteiger partial charge in [0.05, 0.1) is 11.4 Å². The van der Waals surface area contributed by atoms with E-state index in [-0.39, 0.29) is 5.91 Å². The molecule has 0 spiro atoms. The summed E-state index contributed by atoms with van der Waals surface area (Å²) < 4.78 is 6.26. The monoisotopic (exact) mass is 373 g/mol. The van der Waals surface area contributed by atoms with Crippen molar-refractivity contribution in [2.24, 2.45) is 0 Å². The molecule has 1 amide bonds. The molecule has 2 rings (SSSR count). The largest absolute Gasteiger partial charge is 0.388 e. The Bertz CT molecular complexity index is 504. The first-order chi connectivity index (χ1) is 9.98. The van der Waals surface area contributed by atoms with Gasteiger partial charge in [0.1, 0.15) is 0 Å². The van der Waals surface area contributed by atoms with Crippen molar-refractivity contribution in [2.75, 3.05) is 25.5 Å². The van der Waals surface area contributed by atoms with E-state index in [2.05, 4.69) is 21.2 Å². The normalized spacial score (nSPS) is 17.5. The fraction of sp³-hybridized carbons (Fsp3) is 0.533. The van der Waals surface area contributed by atoms with E-state index < -0.39 is 5.60 Å². The van der Waals surface area contributed by atoms with Gasteiger partial charge in [-0.15, -0.1) is 11.8 Å². The number of thioether (sulfide) groups is 1. The van der Waals surface area contributed by atoms with Crippen molar-refractivity contribution < 1.29 is 14.6 Å². The summed E-state index contributed by atoms with van der Waals surface area (Å²) in [6.07, 6.45) is 1.15. The van der Waals surface area contributed by atoms with Crippen LogP contribution in [0.15, 0.2) is 27.6 Å². The van der Waals surface area contributed by atoms with Crippen LogP contribution in [0.1, 0.15) is 18.4 Å². The lowest BCUT2D eigenvalue weighted by Gasteiger charge is -2.32. The Morgan fingerprint density at radius 3 is 2.86 bits per heavy atom. The molecule has 0 aromatic heterocycles. The number of rotatable bonds is 5. The standard InChI is InChI=1S/C15H20BrNO3S/c1-11-8-12(16)2-3-13(11)21-9-14(18)17-10-15(19)4-6-20-7-5-15/h2-3,8,19H,4-7,9-10H2,1H3,(H,17,18). The van der Waals surface area contributed by atoms with Crippen LogP contribution < -0.4 is 5.32 Å². The zero-order chi connectivity index (χ0) is 15.3. The average Bonchev–Trinajstić information content (AvgIpc) is 2.45. The summed E-state index contributed by atoms with van der Waals surface area (Å²) in [6, 6.07) is 6.01. The van der Waals surface area contributed by atoms with E-state index in [0.717, 1.165) is 14.9 Å². The van der Waals surface area contributed by atoms with Crippen LogP contribution in [0.4, 0.5) is 0 Å². The predicted molar refractivity (Wildman–Crippen MR) is 87.6 cm³/mol. The van der Waals surface area contributed by atoms with E-state index in [4.69, 9.17) is 4.74 Å². The molecule has 1 aromatic rings. The number of hydrogen-bond donors (Lipinski definition) is 2. The first kappa shape index (κ1) is 16.8. The minimum atomic E-state index is -0.813. The van der Waals surface area contributed by atoms with Gasteiger partial charge in [-0.1, -0.05) is 15.9 Å². The van der Waals surface area contributed by atoms with Gasteiger partial charge in [0.2, 0.25) is 5.91 Å². The summed E-state index contributed by atoms with van der Waals surface area (Å²) in [4.78, 5) is 13.0. The van der Waals surface area contributed by atoms with Crippen LogP contribution in [0.2, 0.25) is 0 Å². The number of hydrogen-bond acceptors (Lipinski definition) is 4. The number of halogens is 1. The lowest BCUT2D eigenvalue weighted by Crippen LogP contribution is -2.47. The van der Waals surface area contributed by atoms with Crippen LogP contribution in [0.3, 0.4) is 0 Å². The highest BCUT2D eigenvalue weighted by atomic mass is 79.9. The number of nitrogens with one attached hydrogen (secondary N) is 1. The lowest BCUT2D eigenvalue weighted by atomic mass is 9.94. The smallest absolute Gasteiger partial charge is 0.230 e. The molecule has 0 aliphatic carbocycles. The maximum Gasteiger partial charge on any atom is 0.230 e. The molecule has 1 heterocycles. The molecule has 2 N–H and O–H groups in total.